The van der Waals surface area contributed by atoms with E-state index in [0.717, 1.165) is 35.5 Å². The first-order chi connectivity index (χ1) is 17.2. The Morgan fingerprint density at radius 3 is 1.57 bits per heavy atom. The van der Waals surface area contributed by atoms with Crippen molar-refractivity contribution in [2.24, 2.45) is 40.9 Å². The van der Waals surface area contributed by atoms with Crippen LogP contribution in [0, 0.1) is 40.9 Å². The fourth-order valence-electron chi connectivity index (χ4n) is 10.3. The van der Waals surface area contributed by atoms with Crippen LogP contribution in [0.3, 0.4) is 0 Å². The highest BCUT2D eigenvalue weighted by Crippen LogP contribution is 2.51. The average Bonchev–Trinajstić information content (AvgIpc) is 3.09. The van der Waals surface area contributed by atoms with Gasteiger partial charge < -0.3 is 0 Å². The summed E-state index contributed by atoms with van der Waals surface area (Å²) in [6.45, 7) is 4.88. The van der Waals surface area contributed by atoms with E-state index in [1.165, 1.54) is 51.4 Å². The molecule has 35 heavy (non-hydrogen) atoms. The van der Waals surface area contributed by atoms with Crippen molar-refractivity contribution in [2.75, 3.05) is 0 Å². The predicted molar refractivity (Wildman–Crippen MR) is 155 cm³/mol. The maximum atomic E-state index is 2.44. The Morgan fingerprint density at radius 2 is 0.943 bits per heavy atom. The molecule has 204 valence electrons. The summed E-state index contributed by atoms with van der Waals surface area (Å²) in [5.74, 6) is 6.50. The molecule has 5 unspecified atom stereocenters. The van der Waals surface area contributed by atoms with Gasteiger partial charge in [0.2, 0.25) is 0 Å². The fourth-order valence-corrected chi connectivity index (χ4v) is 10.3. The van der Waals surface area contributed by atoms with E-state index < -0.39 is 0 Å². The van der Waals surface area contributed by atoms with Gasteiger partial charge in [-0.25, -0.2) is 0 Å². The summed E-state index contributed by atoms with van der Waals surface area (Å²) in [4.78, 5) is 0. The number of hydrogen-bond acceptors (Lipinski definition) is 0. The summed E-state index contributed by atoms with van der Waals surface area (Å²) < 4.78 is 0. The summed E-state index contributed by atoms with van der Waals surface area (Å²) in [6, 6.07) is 0. The second-order valence-corrected chi connectivity index (χ2v) is 14.4. The summed E-state index contributed by atoms with van der Waals surface area (Å²) in [5, 5.41) is 0. The van der Waals surface area contributed by atoms with E-state index in [2.05, 4.69) is 13.8 Å². The Balaban J connectivity index is 1.35. The maximum Gasteiger partial charge on any atom is -0.0298 e. The molecule has 4 fully saturated rings. The number of rotatable bonds is 7. The van der Waals surface area contributed by atoms with Gasteiger partial charge in [0, 0.05) is 0 Å². The topological polar surface area (TPSA) is 0 Å². The minimum Gasteiger partial charge on any atom is -0.0654 e. The van der Waals surface area contributed by atoms with Gasteiger partial charge in [0.1, 0.15) is 0 Å². The molecule has 5 atom stereocenters. The molecule has 0 aromatic carbocycles. The Morgan fingerprint density at radius 1 is 0.457 bits per heavy atom. The smallest absolute Gasteiger partial charge is 0.0298 e. The van der Waals surface area contributed by atoms with Gasteiger partial charge in [0.05, 0.1) is 0 Å². The molecule has 0 radical (unpaired) electrons. The first-order valence-corrected chi connectivity index (χ1v) is 17.2. The van der Waals surface area contributed by atoms with Gasteiger partial charge in [0.25, 0.3) is 0 Å². The largest absolute Gasteiger partial charge is 0.0654 e. The van der Waals surface area contributed by atoms with E-state index in [9.17, 15) is 0 Å². The van der Waals surface area contributed by atoms with Crippen LogP contribution in [-0.4, -0.2) is 0 Å². The van der Waals surface area contributed by atoms with E-state index in [1.807, 2.05) is 0 Å². The maximum absolute atomic E-state index is 2.44. The highest BCUT2D eigenvalue weighted by atomic mass is 14.5. The SMILES string of the molecule is CCCC1(CCC)CCCC(C2CCCC3CCCC(CC4CCCCC4)CCCCCC32)CC1. The molecule has 0 bridgehead atoms. The lowest BCUT2D eigenvalue weighted by Crippen LogP contribution is -2.33. The molecule has 0 N–H and O–H groups in total. The molecule has 0 aromatic heterocycles. The first-order valence-electron chi connectivity index (χ1n) is 17.2. The van der Waals surface area contributed by atoms with Gasteiger partial charge in [-0.1, -0.05) is 129 Å². The summed E-state index contributed by atoms with van der Waals surface area (Å²) in [6.07, 6.45) is 40.2. The molecule has 0 heteroatoms. The quantitative estimate of drug-likeness (QED) is 0.315. The highest BCUT2D eigenvalue weighted by Gasteiger charge is 2.40. The Labute approximate surface area is 221 Å². The van der Waals surface area contributed by atoms with Crippen molar-refractivity contribution in [2.45, 2.75) is 181 Å². The van der Waals surface area contributed by atoms with Crippen molar-refractivity contribution in [3.05, 3.63) is 0 Å². The van der Waals surface area contributed by atoms with Crippen molar-refractivity contribution in [1.82, 2.24) is 0 Å². The lowest BCUT2D eigenvalue weighted by molar-refractivity contribution is 0.0731. The number of fused-ring (bicyclic) bond motifs is 1. The third-order valence-electron chi connectivity index (χ3n) is 12.0. The molecular weight excluding hydrogens is 420 g/mol. The summed E-state index contributed by atoms with van der Waals surface area (Å²) >= 11 is 0. The van der Waals surface area contributed by atoms with Gasteiger partial charge in [-0.05, 0) is 92.3 Å². The van der Waals surface area contributed by atoms with E-state index >= 15 is 0 Å². The second-order valence-electron chi connectivity index (χ2n) is 14.4. The molecule has 0 aromatic rings. The van der Waals surface area contributed by atoms with Gasteiger partial charge in [-0.3, -0.25) is 0 Å². The molecule has 0 spiro atoms. The predicted octanol–water partition coefficient (Wildman–Crippen LogP) is 11.9. The van der Waals surface area contributed by atoms with Gasteiger partial charge in [-0.15, -0.1) is 0 Å². The van der Waals surface area contributed by atoms with Gasteiger partial charge in [-0.2, -0.15) is 0 Å². The summed E-state index contributed by atoms with van der Waals surface area (Å²) in [5.41, 5.74) is 0.716. The lowest BCUT2D eigenvalue weighted by atomic mass is 9.62. The minimum atomic E-state index is 0.716. The third-order valence-corrected chi connectivity index (χ3v) is 12.0. The highest BCUT2D eigenvalue weighted by molar-refractivity contribution is 4.91. The van der Waals surface area contributed by atoms with Gasteiger partial charge >= 0.3 is 0 Å². The molecule has 0 aliphatic heterocycles. The zero-order valence-electron chi connectivity index (χ0n) is 24.3. The first kappa shape index (κ1) is 28.0. The van der Waals surface area contributed by atoms with Crippen molar-refractivity contribution in [1.29, 1.82) is 0 Å². The van der Waals surface area contributed by atoms with Crippen LogP contribution < -0.4 is 0 Å². The van der Waals surface area contributed by atoms with E-state index in [1.54, 1.807) is 116 Å². The minimum absolute atomic E-state index is 0.716. The Kier molecular flexibility index (Phi) is 11.9. The number of hydrogen-bond donors (Lipinski definition) is 0. The van der Waals surface area contributed by atoms with Gasteiger partial charge in [0.15, 0.2) is 0 Å². The zero-order chi connectivity index (χ0) is 24.3. The molecule has 0 amide bonds. The fraction of sp³-hybridized carbons (Fsp3) is 1.00. The van der Waals surface area contributed by atoms with E-state index in [-0.39, 0.29) is 0 Å². The van der Waals surface area contributed by atoms with Crippen molar-refractivity contribution < 1.29 is 0 Å². The molecule has 0 heterocycles. The standard InChI is InChI=1S/C35H64/c1-3-24-35(25-4-2)26-13-20-32(23-27-35)34-22-12-19-31-18-11-17-30(16-9-6-10-21-33(31)34)28-29-14-7-5-8-15-29/h29-34H,3-28H2,1-2H3. The zero-order valence-corrected chi connectivity index (χ0v) is 24.3. The van der Waals surface area contributed by atoms with Crippen LogP contribution in [0.2, 0.25) is 0 Å². The Bertz CT molecular complexity index is 550. The Hall–Kier alpha value is 0. The van der Waals surface area contributed by atoms with Crippen molar-refractivity contribution in [3.8, 4) is 0 Å². The van der Waals surface area contributed by atoms with Crippen molar-refractivity contribution >= 4 is 0 Å². The van der Waals surface area contributed by atoms with Crippen molar-refractivity contribution in [3.63, 3.8) is 0 Å². The molecular formula is C35H64. The van der Waals surface area contributed by atoms with Crippen LogP contribution in [0.1, 0.15) is 181 Å². The summed E-state index contributed by atoms with van der Waals surface area (Å²) in [7, 11) is 0. The van der Waals surface area contributed by atoms with E-state index in [0.29, 0.717) is 5.41 Å². The van der Waals surface area contributed by atoms with Crippen LogP contribution in [0.5, 0.6) is 0 Å². The molecule has 4 saturated carbocycles. The van der Waals surface area contributed by atoms with Crippen LogP contribution >= 0.6 is 0 Å². The average molecular weight is 485 g/mol. The molecule has 4 rings (SSSR count). The molecule has 4 aliphatic rings. The van der Waals surface area contributed by atoms with Crippen LogP contribution in [0.4, 0.5) is 0 Å². The molecule has 0 nitrogen and oxygen atoms in total. The lowest BCUT2D eigenvalue weighted by Gasteiger charge is -2.43. The third kappa shape index (κ3) is 8.24. The van der Waals surface area contributed by atoms with Crippen LogP contribution in [0.25, 0.3) is 0 Å². The second kappa shape index (κ2) is 14.8. The van der Waals surface area contributed by atoms with Crippen LogP contribution in [0.15, 0.2) is 0 Å². The molecule has 0 saturated heterocycles. The normalized spacial score (nSPS) is 36.0. The molecule has 4 aliphatic carbocycles. The van der Waals surface area contributed by atoms with E-state index in [4.69, 9.17) is 0 Å². The van der Waals surface area contributed by atoms with Crippen LogP contribution in [-0.2, 0) is 0 Å². The monoisotopic (exact) mass is 485 g/mol.